The fourth-order valence-electron chi connectivity index (χ4n) is 1.60. The van der Waals surface area contributed by atoms with E-state index in [0.717, 1.165) is 0 Å². The quantitative estimate of drug-likeness (QED) is 0.497. The van der Waals surface area contributed by atoms with E-state index >= 15 is 0 Å². The maximum absolute atomic E-state index is 12.2. The SMILES string of the molecule is [B]C1(C)CCC(C(F)(F)F)CC1. The Morgan fingerprint density at radius 3 is 2.00 bits per heavy atom. The summed E-state index contributed by atoms with van der Waals surface area (Å²) in [5.74, 6) is -1.12. The minimum absolute atomic E-state index is 0.191. The van der Waals surface area contributed by atoms with E-state index in [2.05, 4.69) is 0 Å². The van der Waals surface area contributed by atoms with Crippen molar-refractivity contribution in [2.75, 3.05) is 0 Å². The maximum Gasteiger partial charge on any atom is 0.391 e. The van der Waals surface area contributed by atoms with Gasteiger partial charge in [-0.1, -0.05) is 25.1 Å². The third kappa shape index (κ3) is 2.42. The lowest BCUT2D eigenvalue weighted by molar-refractivity contribution is -0.183. The van der Waals surface area contributed by atoms with Crippen LogP contribution in [0.4, 0.5) is 13.2 Å². The molecule has 0 saturated heterocycles. The van der Waals surface area contributed by atoms with Gasteiger partial charge < -0.3 is 0 Å². The standard InChI is InChI=1S/C8H12BF3/c1-7(9)4-2-6(3-5-7)8(10,11)12/h6H,2-5H2,1H3. The Balaban J connectivity index is 2.47. The molecule has 1 aliphatic carbocycles. The van der Waals surface area contributed by atoms with Gasteiger partial charge in [0.1, 0.15) is 0 Å². The van der Waals surface area contributed by atoms with E-state index in [4.69, 9.17) is 7.85 Å². The van der Waals surface area contributed by atoms with Crippen LogP contribution >= 0.6 is 0 Å². The molecule has 12 heavy (non-hydrogen) atoms. The number of hydrogen-bond acceptors (Lipinski definition) is 0. The van der Waals surface area contributed by atoms with Crippen LogP contribution in [-0.2, 0) is 0 Å². The Kier molecular flexibility index (Phi) is 2.46. The van der Waals surface area contributed by atoms with Crippen LogP contribution in [0.25, 0.3) is 0 Å². The molecule has 0 aromatic carbocycles. The van der Waals surface area contributed by atoms with E-state index in [1.807, 2.05) is 6.92 Å². The van der Waals surface area contributed by atoms with Crippen molar-refractivity contribution < 1.29 is 13.2 Å². The summed E-state index contributed by atoms with van der Waals surface area (Å²) in [5, 5.41) is -0.373. The highest BCUT2D eigenvalue weighted by Crippen LogP contribution is 2.46. The zero-order valence-electron chi connectivity index (χ0n) is 7.12. The van der Waals surface area contributed by atoms with E-state index < -0.39 is 12.1 Å². The maximum atomic E-state index is 12.2. The molecule has 68 valence electrons. The number of halogens is 3. The molecule has 0 aromatic heterocycles. The first-order valence-electron chi connectivity index (χ1n) is 4.17. The molecule has 1 rings (SSSR count). The summed E-state index contributed by atoms with van der Waals surface area (Å²) >= 11 is 0. The molecule has 0 spiro atoms. The lowest BCUT2D eigenvalue weighted by Crippen LogP contribution is -2.29. The molecule has 0 amide bonds. The average molecular weight is 176 g/mol. The highest BCUT2D eigenvalue weighted by Gasteiger charge is 2.42. The van der Waals surface area contributed by atoms with Crippen molar-refractivity contribution in [2.24, 2.45) is 5.92 Å². The first kappa shape index (κ1) is 9.94. The summed E-state index contributed by atoms with van der Waals surface area (Å²) in [7, 11) is 5.72. The second-order valence-electron chi connectivity index (χ2n) is 3.97. The predicted molar refractivity (Wildman–Crippen MR) is 42.1 cm³/mol. The lowest BCUT2D eigenvalue weighted by atomic mass is 9.60. The zero-order valence-corrected chi connectivity index (χ0v) is 7.12. The zero-order chi connectivity index (χ0) is 9.41. The number of alkyl halides is 3. The third-order valence-electron chi connectivity index (χ3n) is 2.59. The van der Waals surface area contributed by atoms with Crippen molar-refractivity contribution in [3.8, 4) is 0 Å². The first-order chi connectivity index (χ1) is 5.31. The van der Waals surface area contributed by atoms with Gasteiger partial charge in [-0.15, -0.1) is 0 Å². The van der Waals surface area contributed by atoms with Crippen LogP contribution in [0.2, 0.25) is 5.31 Å². The third-order valence-corrected chi connectivity index (χ3v) is 2.59. The van der Waals surface area contributed by atoms with Crippen LogP contribution in [0.15, 0.2) is 0 Å². The number of hydrogen-bond donors (Lipinski definition) is 0. The van der Waals surface area contributed by atoms with E-state index in [1.165, 1.54) is 0 Å². The highest BCUT2D eigenvalue weighted by molar-refractivity contribution is 6.14. The summed E-state index contributed by atoms with van der Waals surface area (Å²) < 4.78 is 36.5. The van der Waals surface area contributed by atoms with E-state index in [-0.39, 0.29) is 18.2 Å². The van der Waals surface area contributed by atoms with Crippen LogP contribution < -0.4 is 0 Å². The molecule has 0 heterocycles. The monoisotopic (exact) mass is 176 g/mol. The molecule has 0 aliphatic heterocycles. The molecule has 0 atom stereocenters. The van der Waals surface area contributed by atoms with Crippen LogP contribution in [0, 0.1) is 5.92 Å². The summed E-state index contributed by atoms with van der Waals surface area (Å²) in [4.78, 5) is 0. The van der Waals surface area contributed by atoms with Gasteiger partial charge >= 0.3 is 6.18 Å². The minimum Gasteiger partial charge on any atom is -0.171 e. The van der Waals surface area contributed by atoms with Crippen molar-refractivity contribution in [3.05, 3.63) is 0 Å². The van der Waals surface area contributed by atoms with E-state index in [0.29, 0.717) is 12.8 Å². The molecule has 1 aliphatic rings. The summed E-state index contributed by atoms with van der Waals surface area (Å²) in [6, 6.07) is 0. The Morgan fingerprint density at radius 1 is 1.25 bits per heavy atom. The first-order valence-corrected chi connectivity index (χ1v) is 4.17. The summed E-state index contributed by atoms with van der Waals surface area (Å²) in [5.41, 5.74) is 0. The lowest BCUT2D eigenvalue weighted by Gasteiger charge is -2.35. The summed E-state index contributed by atoms with van der Waals surface area (Å²) in [6.45, 7) is 1.82. The van der Waals surface area contributed by atoms with Crippen LogP contribution in [0.3, 0.4) is 0 Å². The second kappa shape index (κ2) is 2.97. The Labute approximate surface area is 71.9 Å². The van der Waals surface area contributed by atoms with Gasteiger partial charge in [-0.25, -0.2) is 0 Å². The highest BCUT2D eigenvalue weighted by atomic mass is 19.4. The Bertz CT molecular complexity index is 152. The molecular formula is C8H12BF3. The van der Waals surface area contributed by atoms with Gasteiger partial charge in [0, 0.05) is 0 Å². The van der Waals surface area contributed by atoms with Crippen molar-refractivity contribution in [3.63, 3.8) is 0 Å². The molecule has 2 radical (unpaired) electrons. The smallest absolute Gasteiger partial charge is 0.171 e. The van der Waals surface area contributed by atoms with Gasteiger partial charge in [0.25, 0.3) is 0 Å². The molecule has 1 fully saturated rings. The molecule has 0 bridgehead atoms. The normalized spacial score (nSPS) is 38.2. The molecular weight excluding hydrogens is 164 g/mol. The van der Waals surface area contributed by atoms with E-state index in [1.54, 1.807) is 0 Å². The minimum atomic E-state index is -4.02. The predicted octanol–water partition coefficient (Wildman–Crippen LogP) is 3.09. The fourth-order valence-corrected chi connectivity index (χ4v) is 1.60. The van der Waals surface area contributed by atoms with Crippen molar-refractivity contribution in [2.45, 2.75) is 44.1 Å². The second-order valence-corrected chi connectivity index (χ2v) is 3.97. The molecule has 1 saturated carbocycles. The largest absolute Gasteiger partial charge is 0.391 e. The van der Waals surface area contributed by atoms with Gasteiger partial charge in [-0.05, 0) is 12.8 Å². The Hall–Kier alpha value is -0.145. The van der Waals surface area contributed by atoms with Gasteiger partial charge in [0.15, 0.2) is 0 Å². The topological polar surface area (TPSA) is 0 Å². The van der Waals surface area contributed by atoms with E-state index in [9.17, 15) is 13.2 Å². The number of rotatable bonds is 0. The van der Waals surface area contributed by atoms with Crippen molar-refractivity contribution in [1.29, 1.82) is 0 Å². The van der Waals surface area contributed by atoms with Gasteiger partial charge in [0.05, 0.1) is 13.8 Å². The van der Waals surface area contributed by atoms with Crippen LogP contribution in [-0.4, -0.2) is 14.0 Å². The summed E-state index contributed by atoms with van der Waals surface area (Å²) in [6.07, 6.45) is -2.67. The fraction of sp³-hybridized carbons (Fsp3) is 1.00. The van der Waals surface area contributed by atoms with Gasteiger partial charge in [-0.3, -0.25) is 0 Å². The molecule has 0 aromatic rings. The van der Waals surface area contributed by atoms with Crippen molar-refractivity contribution in [1.82, 2.24) is 0 Å². The van der Waals surface area contributed by atoms with Crippen LogP contribution in [0.5, 0.6) is 0 Å². The molecule has 0 N–H and O–H groups in total. The van der Waals surface area contributed by atoms with Crippen molar-refractivity contribution >= 4 is 7.85 Å². The van der Waals surface area contributed by atoms with Gasteiger partial charge in [0.2, 0.25) is 0 Å². The molecule has 0 unspecified atom stereocenters. The molecule has 0 nitrogen and oxygen atoms in total. The van der Waals surface area contributed by atoms with Crippen LogP contribution in [0.1, 0.15) is 32.6 Å². The van der Waals surface area contributed by atoms with Gasteiger partial charge in [-0.2, -0.15) is 13.2 Å². The average Bonchev–Trinajstić information content (AvgIpc) is 1.83. The molecule has 4 heteroatoms. The Morgan fingerprint density at radius 2 is 1.67 bits per heavy atom.